The number of hydrogen-bond donors (Lipinski definition) is 1. The van der Waals surface area contributed by atoms with Crippen molar-refractivity contribution in [3.05, 3.63) is 35.4 Å². The fraction of sp³-hybridized carbons (Fsp3) is 0.462. The summed E-state index contributed by atoms with van der Waals surface area (Å²) in [4.78, 5) is 0. The van der Waals surface area contributed by atoms with Crippen molar-refractivity contribution >= 4 is 0 Å². The quantitative estimate of drug-likeness (QED) is 0.756. The molecule has 2 nitrogen and oxygen atoms in total. The molecule has 1 aliphatic heterocycles. The molecule has 2 heteroatoms. The molecule has 0 radical (unpaired) electrons. The Kier molecular flexibility index (Phi) is 3.03. The van der Waals surface area contributed by atoms with Gasteiger partial charge in [0, 0.05) is 6.04 Å². The van der Waals surface area contributed by atoms with Crippen LogP contribution in [0.2, 0.25) is 0 Å². The highest BCUT2D eigenvalue weighted by atomic mass is 15.0. The Bertz CT molecular complexity index is 378. The van der Waals surface area contributed by atoms with E-state index in [4.69, 9.17) is 5.26 Å². The lowest BCUT2D eigenvalue weighted by Crippen LogP contribution is -2.36. The molecule has 2 rings (SSSR count). The number of nitriles is 1. The van der Waals surface area contributed by atoms with Crippen molar-refractivity contribution in [3.63, 3.8) is 0 Å². The molecule has 1 fully saturated rings. The van der Waals surface area contributed by atoms with Crippen LogP contribution in [0.15, 0.2) is 24.3 Å². The predicted molar refractivity (Wildman–Crippen MR) is 60.3 cm³/mol. The highest BCUT2D eigenvalue weighted by Crippen LogP contribution is 2.27. The van der Waals surface area contributed by atoms with E-state index in [2.05, 4.69) is 42.6 Å². The van der Waals surface area contributed by atoms with E-state index in [1.165, 1.54) is 11.1 Å². The number of piperidine rings is 1. The maximum atomic E-state index is 8.91. The van der Waals surface area contributed by atoms with Gasteiger partial charge in [-0.2, -0.15) is 5.26 Å². The van der Waals surface area contributed by atoms with Gasteiger partial charge in [-0.05, 0) is 37.3 Å². The highest BCUT2D eigenvalue weighted by Gasteiger charge is 2.22. The summed E-state index contributed by atoms with van der Waals surface area (Å²) in [7, 11) is 0. The van der Waals surface area contributed by atoms with E-state index in [0.29, 0.717) is 6.04 Å². The van der Waals surface area contributed by atoms with Gasteiger partial charge in [-0.15, -0.1) is 0 Å². The zero-order chi connectivity index (χ0) is 10.7. The molecule has 0 bridgehead atoms. The van der Waals surface area contributed by atoms with Crippen molar-refractivity contribution in [2.75, 3.05) is 0 Å². The number of nitrogens with zero attached hydrogens (tertiary/aromatic N) is 1. The van der Waals surface area contributed by atoms with Crippen molar-refractivity contribution in [1.29, 1.82) is 5.26 Å². The normalized spacial score (nSPS) is 25.9. The Morgan fingerprint density at radius 2 is 2.13 bits per heavy atom. The topological polar surface area (TPSA) is 35.8 Å². The van der Waals surface area contributed by atoms with Crippen LogP contribution < -0.4 is 5.32 Å². The molecular formula is C13H16N2. The van der Waals surface area contributed by atoms with Gasteiger partial charge in [0.25, 0.3) is 0 Å². The number of benzene rings is 1. The molecule has 1 N–H and O–H groups in total. The average Bonchev–Trinajstić information content (AvgIpc) is 2.30. The van der Waals surface area contributed by atoms with E-state index in [1.807, 2.05) is 0 Å². The lowest BCUT2D eigenvalue weighted by Gasteiger charge is -2.28. The van der Waals surface area contributed by atoms with Gasteiger partial charge >= 0.3 is 0 Å². The fourth-order valence-corrected chi connectivity index (χ4v) is 2.26. The van der Waals surface area contributed by atoms with Crippen LogP contribution in [-0.4, -0.2) is 6.04 Å². The lowest BCUT2D eigenvalue weighted by atomic mass is 9.91. The van der Waals surface area contributed by atoms with Gasteiger partial charge < -0.3 is 0 Å². The maximum absolute atomic E-state index is 8.91. The predicted octanol–water partition coefficient (Wildman–Crippen LogP) is 2.70. The van der Waals surface area contributed by atoms with E-state index >= 15 is 0 Å². The second-order valence-electron chi connectivity index (χ2n) is 4.19. The molecule has 2 unspecified atom stereocenters. The van der Waals surface area contributed by atoms with Crippen molar-refractivity contribution in [2.24, 2.45) is 0 Å². The summed E-state index contributed by atoms with van der Waals surface area (Å²) < 4.78 is 0. The number of nitrogens with one attached hydrogen (secondary N) is 1. The van der Waals surface area contributed by atoms with Gasteiger partial charge in [0.05, 0.1) is 12.1 Å². The SMILES string of the molecule is Cc1ccccc1C1CCCC(C#N)N1. The summed E-state index contributed by atoms with van der Waals surface area (Å²) in [5.74, 6) is 0. The van der Waals surface area contributed by atoms with Crippen molar-refractivity contribution in [2.45, 2.75) is 38.3 Å². The minimum atomic E-state index is 0.0309. The van der Waals surface area contributed by atoms with Crippen LogP contribution in [0.25, 0.3) is 0 Å². The molecule has 1 aromatic rings. The van der Waals surface area contributed by atoms with Crippen LogP contribution in [0, 0.1) is 18.3 Å². The van der Waals surface area contributed by atoms with Crippen LogP contribution in [0.3, 0.4) is 0 Å². The molecule has 1 saturated heterocycles. The summed E-state index contributed by atoms with van der Waals surface area (Å²) in [5.41, 5.74) is 2.66. The van der Waals surface area contributed by atoms with Crippen LogP contribution >= 0.6 is 0 Å². The Labute approximate surface area is 90.9 Å². The summed E-state index contributed by atoms with van der Waals surface area (Å²) in [6, 6.07) is 11.1. The third kappa shape index (κ3) is 2.19. The molecule has 1 aliphatic rings. The first-order valence-electron chi connectivity index (χ1n) is 5.52. The minimum Gasteiger partial charge on any atom is -0.295 e. The van der Waals surface area contributed by atoms with Crippen LogP contribution in [0.1, 0.15) is 36.4 Å². The molecular weight excluding hydrogens is 184 g/mol. The molecule has 1 heterocycles. The second kappa shape index (κ2) is 4.46. The van der Waals surface area contributed by atoms with Crippen molar-refractivity contribution < 1.29 is 0 Å². The number of rotatable bonds is 1. The van der Waals surface area contributed by atoms with Crippen LogP contribution in [-0.2, 0) is 0 Å². The van der Waals surface area contributed by atoms with Crippen LogP contribution in [0.4, 0.5) is 0 Å². The van der Waals surface area contributed by atoms with Crippen molar-refractivity contribution in [3.8, 4) is 6.07 Å². The van der Waals surface area contributed by atoms with Gasteiger partial charge in [0.15, 0.2) is 0 Å². The van der Waals surface area contributed by atoms with Gasteiger partial charge in [0.2, 0.25) is 0 Å². The first-order chi connectivity index (χ1) is 7.31. The molecule has 0 spiro atoms. The molecule has 0 aromatic heterocycles. The Balaban J connectivity index is 2.18. The summed E-state index contributed by atoms with van der Waals surface area (Å²) in [6.45, 7) is 2.13. The molecule has 2 atom stereocenters. The molecule has 1 aromatic carbocycles. The summed E-state index contributed by atoms with van der Waals surface area (Å²) >= 11 is 0. The molecule has 15 heavy (non-hydrogen) atoms. The number of hydrogen-bond acceptors (Lipinski definition) is 2. The van der Waals surface area contributed by atoms with Gasteiger partial charge in [-0.3, -0.25) is 5.32 Å². The number of aryl methyl sites for hydroxylation is 1. The minimum absolute atomic E-state index is 0.0309. The van der Waals surface area contributed by atoms with Gasteiger partial charge in [-0.25, -0.2) is 0 Å². The molecule has 0 aliphatic carbocycles. The Morgan fingerprint density at radius 1 is 1.33 bits per heavy atom. The Hall–Kier alpha value is -1.33. The molecule has 78 valence electrons. The smallest absolute Gasteiger partial charge is 0.0957 e. The Morgan fingerprint density at radius 3 is 2.87 bits per heavy atom. The maximum Gasteiger partial charge on any atom is 0.0957 e. The molecule has 0 amide bonds. The van der Waals surface area contributed by atoms with E-state index in [-0.39, 0.29) is 6.04 Å². The molecule has 0 saturated carbocycles. The lowest BCUT2D eigenvalue weighted by molar-refractivity contribution is 0.367. The second-order valence-corrected chi connectivity index (χ2v) is 4.19. The van der Waals surface area contributed by atoms with E-state index in [0.717, 1.165) is 19.3 Å². The van der Waals surface area contributed by atoms with Crippen molar-refractivity contribution in [1.82, 2.24) is 5.32 Å². The van der Waals surface area contributed by atoms with Gasteiger partial charge in [-0.1, -0.05) is 24.3 Å². The average molecular weight is 200 g/mol. The van der Waals surface area contributed by atoms with Crippen LogP contribution in [0.5, 0.6) is 0 Å². The summed E-state index contributed by atoms with van der Waals surface area (Å²) in [6.07, 6.45) is 3.27. The van der Waals surface area contributed by atoms with E-state index < -0.39 is 0 Å². The zero-order valence-corrected chi connectivity index (χ0v) is 9.03. The first-order valence-corrected chi connectivity index (χ1v) is 5.52. The third-order valence-electron chi connectivity index (χ3n) is 3.11. The largest absolute Gasteiger partial charge is 0.295 e. The highest BCUT2D eigenvalue weighted by molar-refractivity contribution is 5.29. The zero-order valence-electron chi connectivity index (χ0n) is 9.03. The third-order valence-corrected chi connectivity index (χ3v) is 3.11. The summed E-state index contributed by atoms with van der Waals surface area (Å²) in [5, 5.41) is 12.3. The first kappa shape index (κ1) is 10.2. The van der Waals surface area contributed by atoms with E-state index in [9.17, 15) is 0 Å². The monoisotopic (exact) mass is 200 g/mol. The van der Waals surface area contributed by atoms with E-state index in [1.54, 1.807) is 0 Å². The standard InChI is InChI=1S/C13H16N2/c1-10-5-2-3-7-12(10)13-8-4-6-11(9-14)15-13/h2-3,5,7,11,13,15H,4,6,8H2,1H3. The van der Waals surface area contributed by atoms with Gasteiger partial charge in [0.1, 0.15) is 0 Å². The fourth-order valence-electron chi connectivity index (χ4n) is 2.26.